The molecule has 3 rings (SSSR count). The first-order valence-electron chi connectivity index (χ1n) is 9.22. The maximum absolute atomic E-state index is 6.15. The van der Waals surface area contributed by atoms with Gasteiger partial charge in [0.05, 0.1) is 0 Å². The molecule has 3 fully saturated rings. The van der Waals surface area contributed by atoms with E-state index in [0.29, 0.717) is 17.5 Å². The molecule has 3 aliphatic rings. The Bertz CT molecular complexity index is 269. The molecular weight excluding hydrogens is 244 g/mol. The van der Waals surface area contributed by atoms with E-state index in [1.165, 1.54) is 83.5 Å². The minimum Gasteiger partial charge on any atom is -0.328 e. The van der Waals surface area contributed by atoms with Crippen molar-refractivity contribution in [1.29, 1.82) is 0 Å². The van der Waals surface area contributed by atoms with Crippen LogP contribution in [0.1, 0.15) is 83.5 Å². The van der Waals surface area contributed by atoms with Crippen molar-refractivity contribution in [2.75, 3.05) is 0 Å². The summed E-state index contributed by atoms with van der Waals surface area (Å²) in [5.74, 6) is 1.95. The second kappa shape index (κ2) is 6.36. The lowest BCUT2D eigenvalue weighted by atomic mass is 9.53. The van der Waals surface area contributed by atoms with Gasteiger partial charge < -0.3 is 11.5 Å². The van der Waals surface area contributed by atoms with Crippen LogP contribution in [-0.4, -0.2) is 12.1 Å². The molecule has 0 unspecified atom stereocenters. The lowest BCUT2D eigenvalue weighted by molar-refractivity contribution is -0.0164. The Labute approximate surface area is 125 Å². The molecule has 0 aromatic heterocycles. The number of nitrogens with two attached hydrogens (primary N) is 2. The van der Waals surface area contributed by atoms with E-state index in [0.717, 1.165) is 11.8 Å². The van der Waals surface area contributed by atoms with Gasteiger partial charge in [-0.05, 0) is 81.5 Å². The van der Waals surface area contributed by atoms with Crippen molar-refractivity contribution in [2.24, 2.45) is 28.7 Å². The van der Waals surface area contributed by atoms with Gasteiger partial charge in [0.2, 0.25) is 0 Å². The number of hydrogen-bond donors (Lipinski definition) is 2. The quantitative estimate of drug-likeness (QED) is 0.803. The average molecular weight is 278 g/mol. The van der Waals surface area contributed by atoms with Crippen molar-refractivity contribution in [3.05, 3.63) is 0 Å². The van der Waals surface area contributed by atoms with E-state index >= 15 is 0 Å². The molecular formula is C18H34N2. The fraction of sp³-hybridized carbons (Fsp3) is 1.00. The largest absolute Gasteiger partial charge is 0.328 e. The molecule has 0 spiro atoms. The molecule has 3 saturated carbocycles. The van der Waals surface area contributed by atoms with Crippen LogP contribution in [0.2, 0.25) is 0 Å². The highest BCUT2D eigenvalue weighted by Gasteiger charge is 2.46. The Morgan fingerprint density at radius 3 is 1.35 bits per heavy atom. The maximum atomic E-state index is 6.15. The zero-order chi connectivity index (χ0) is 14.0. The van der Waals surface area contributed by atoms with Gasteiger partial charge in [0, 0.05) is 12.1 Å². The molecule has 0 saturated heterocycles. The minimum atomic E-state index is 0.492. The molecule has 0 aliphatic heterocycles. The normalized spacial score (nSPS) is 42.3. The topological polar surface area (TPSA) is 52.0 Å². The molecule has 2 heteroatoms. The first-order chi connectivity index (χ1) is 9.71. The van der Waals surface area contributed by atoms with Crippen LogP contribution < -0.4 is 11.5 Å². The Morgan fingerprint density at radius 1 is 0.550 bits per heavy atom. The van der Waals surface area contributed by atoms with Crippen LogP contribution in [0.25, 0.3) is 0 Å². The monoisotopic (exact) mass is 278 g/mol. The van der Waals surface area contributed by atoms with Crippen LogP contribution in [0, 0.1) is 17.3 Å². The van der Waals surface area contributed by atoms with E-state index in [2.05, 4.69) is 0 Å². The van der Waals surface area contributed by atoms with Crippen molar-refractivity contribution in [3.63, 3.8) is 0 Å². The van der Waals surface area contributed by atoms with Gasteiger partial charge in [-0.25, -0.2) is 0 Å². The SMILES string of the molecule is NC1CCC(C2(C3CCC(N)CC3)CCCCC2)CC1. The van der Waals surface area contributed by atoms with E-state index in [1.807, 2.05) is 0 Å². The third-order valence-corrected chi connectivity index (χ3v) is 6.95. The molecule has 0 atom stereocenters. The van der Waals surface area contributed by atoms with Crippen LogP contribution in [0.3, 0.4) is 0 Å². The number of rotatable bonds is 2. The molecule has 3 aliphatic carbocycles. The van der Waals surface area contributed by atoms with E-state index in [1.54, 1.807) is 0 Å². The van der Waals surface area contributed by atoms with Crippen molar-refractivity contribution in [3.8, 4) is 0 Å². The summed E-state index contributed by atoms with van der Waals surface area (Å²) in [5.41, 5.74) is 13.0. The van der Waals surface area contributed by atoms with E-state index in [4.69, 9.17) is 11.5 Å². The highest BCUT2D eigenvalue weighted by atomic mass is 14.7. The smallest absolute Gasteiger partial charge is 0.00390 e. The molecule has 0 aromatic carbocycles. The minimum absolute atomic E-state index is 0.492. The fourth-order valence-corrected chi connectivity index (χ4v) is 5.75. The highest BCUT2D eigenvalue weighted by molar-refractivity contribution is 4.98. The molecule has 0 aromatic rings. The third-order valence-electron chi connectivity index (χ3n) is 6.95. The highest BCUT2D eigenvalue weighted by Crippen LogP contribution is 2.56. The Hall–Kier alpha value is -0.0800. The number of hydrogen-bond acceptors (Lipinski definition) is 2. The molecule has 116 valence electrons. The Morgan fingerprint density at radius 2 is 0.950 bits per heavy atom. The first kappa shape index (κ1) is 14.8. The molecule has 2 nitrogen and oxygen atoms in total. The van der Waals surface area contributed by atoms with Crippen LogP contribution in [-0.2, 0) is 0 Å². The maximum Gasteiger partial charge on any atom is 0.00390 e. The van der Waals surface area contributed by atoms with Gasteiger partial charge in [-0.2, -0.15) is 0 Å². The van der Waals surface area contributed by atoms with E-state index in [-0.39, 0.29) is 0 Å². The third kappa shape index (κ3) is 2.92. The molecule has 0 amide bonds. The lowest BCUT2D eigenvalue weighted by Crippen LogP contribution is -2.45. The van der Waals surface area contributed by atoms with Crippen LogP contribution >= 0.6 is 0 Å². The molecule has 20 heavy (non-hydrogen) atoms. The Kier molecular flexibility index (Phi) is 4.72. The van der Waals surface area contributed by atoms with Crippen molar-refractivity contribution in [1.82, 2.24) is 0 Å². The van der Waals surface area contributed by atoms with Crippen molar-refractivity contribution >= 4 is 0 Å². The summed E-state index contributed by atoms with van der Waals surface area (Å²) in [6.07, 6.45) is 18.2. The lowest BCUT2D eigenvalue weighted by Gasteiger charge is -2.52. The van der Waals surface area contributed by atoms with Gasteiger partial charge >= 0.3 is 0 Å². The van der Waals surface area contributed by atoms with Crippen LogP contribution in [0.4, 0.5) is 0 Å². The van der Waals surface area contributed by atoms with Crippen LogP contribution in [0.5, 0.6) is 0 Å². The van der Waals surface area contributed by atoms with Gasteiger partial charge in [-0.3, -0.25) is 0 Å². The predicted octanol–water partition coefficient (Wildman–Crippen LogP) is 3.97. The van der Waals surface area contributed by atoms with Crippen LogP contribution in [0.15, 0.2) is 0 Å². The van der Waals surface area contributed by atoms with Crippen molar-refractivity contribution in [2.45, 2.75) is 95.6 Å². The average Bonchev–Trinajstić information content (AvgIpc) is 2.49. The predicted molar refractivity (Wildman–Crippen MR) is 85.4 cm³/mol. The fourth-order valence-electron chi connectivity index (χ4n) is 5.75. The second-order valence-electron chi connectivity index (χ2n) is 8.02. The summed E-state index contributed by atoms with van der Waals surface area (Å²) < 4.78 is 0. The van der Waals surface area contributed by atoms with Gasteiger partial charge in [0.15, 0.2) is 0 Å². The van der Waals surface area contributed by atoms with Gasteiger partial charge in [-0.1, -0.05) is 19.3 Å². The molecule has 4 N–H and O–H groups in total. The first-order valence-corrected chi connectivity index (χ1v) is 9.22. The van der Waals surface area contributed by atoms with Gasteiger partial charge in [0.1, 0.15) is 0 Å². The summed E-state index contributed by atoms with van der Waals surface area (Å²) in [7, 11) is 0. The summed E-state index contributed by atoms with van der Waals surface area (Å²) in [5, 5.41) is 0. The van der Waals surface area contributed by atoms with E-state index < -0.39 is 0 Å². The zero-order valence-electron chi connectivity index (χ0n) is 13.2. The summed E-state index contributed by atoms with van der Waals surface area (Å²) in [4.78, 5) is 0. The summed E-state index contributed by atoms with van der Waals surface area (Å²) in [6, 6.07) is 0.985. The van der Waals surface area contributed by atoms with E-state index in [9.17, 15) is 0 Å². The zero-order valence-corrected chi connectivity index (χ0v) is 13.2. The standard InChI is InChI=1S/C18H34N2/c19-16-8-4-14(5-9-16)18(12-2-1-3-13-18)15-6-10-17(20)11-7-15/h14-17H,1-13,19-20H2. The molecule has 0 radical (unpaired) electrons. The Balaban J connectivity index is 1.73. The van der Waals surface area contributed by atoms with Gasteiger partial charge in [0.25, 0.3) is 0 Å². The molecule has 0 heterocycles. The van der Waals surface area contributed by atoms with Crippen molar-refractivity contribution < 1.29 is 0 Å². The summed E-state index contributed by atoms with van der Waals surface area (Å²) >= 11 is 0. The van der Waals surface area contributed by atoms with Gasteiger partial charge in [-0.15, -0.1) is 0 Å². The second-order valence-corrected chi connectivity index (χ2v) is 8.02. The molecule has 0 bridgehead atoms. The summed E-state index contributed by atoms with van der Waals surface area (Å²) in [6.45, 7) is 0.